The molecule has 0 bridgehead atoms. The minimum absolute atomic E-state index is 0.0119. The molecule has 18 heavy (non-hydrogen) atoms. The van der Waals surface area contributed by atoms with Gasteiger partial charge in [-0.25, -0.2) is 0 Å². The lowest BCUT2D eigenvalue weighted by Gasteiger charge is -2.30. The summed E-state index contributed by atoms with van der Waals surface area (Å²) >= 11 is 1.93. The van der Waals surface area contributed by atoms with Crippen LogP contribution in [0.2, 0.25) is 0 Å². The van der Waals surface area contributed by atoms with Gasteiger partial charge < -0.3 is 5.32 Å². The highest BCUT2D eigenvalue weighted by molar-refractivity contribution is 8.01. The van der Waals surface area contributed by atoms with Crippen molar-refractivity contribution in [2.75, 3.05) is 5.32 Å². The normalized spacial score (nSPS) is 23.6. The number of fused-ring (bicyclic) bond motifs is 2. The van der Waals surface area contributed by atoms with Crippen molar-refractivity contribution in [3.63, 3.8) is 0 Å². The monoisotopic (exact) mass is 251 g/mol. The van der Waals surface area contributed by atoms with Gasteiger partial charge in [-0.05, 0) is 29.3 Å². The van der Waals surface area contributed by atoms with Crippen LogP contribution < -0.4 is 5.32 Å². The minimum atomic E-state index is 0.0119. The van der Waals surface area contributed by atoms with Gasteiger partial charge in [-0.15, -0.1) is 0 Å². The van der Waals surface area contributed by atoms with Crippen LogP contribution in [0.25, 0.3) is 6.08 Å². The molecule has 0 aromatic heterocycles. The Hall–Kier alpha value is -1.67. The smallest absolute Gasteiger partial charge is 0.111 e. The third-order valence-corrected chi connectivity index (χ3v) is 4.90. The van der Waals surface area contributed by atoms with Crippen LogP contribution >= 0.6 is 11.8 Å². The molecule has 2 heteroatoms. The standard InChI is InChI=1S/C16H13NS/c1-3-7-14-13(6-1)11-16(17-14)10-9-12-5-2-4-8-15(12)18-16/h1-10,17H,11H2. The van der Waals surface area contributed by atoms with Crippen LogP contribution in [0.5, 0.6) is 0 Å². The van der Waals surface area contributed by atoms with Gasteiger partial charge in [-0.1, -0.05) is 54.2 Å². The van der Waals surface area contributed by atoms with Crippen molar-refractivity contribution in [3.8, 4) is 0 Å². The molecule has 2 heterocycles. The minimum Gasteiger partial charge on any atom is -0.367 e. The summed E-state index contributed by atoms with van der Waals surface area (Å²) in [5, 5.41) is 3.67. The average molecular weight is 251 g/mol. The quantitative estimate of drug-likeness (QED) is 0.754. The van der Waals surface area contributed by atoms with E-state index in [0.717, 1.165) is 6.42 Å². The van der Waals surface area contributed by atoms with Crippen molar-refractivity contribution < 1.29 is 0 Å². The molecule has 0 fully saturated rings. The Morgan fingerprint density at radius 1 is 1.00 bits per heavy atom. The SMILES string of the molecule is C1=CC2(Cc3ccccc3N2)Sc2ccccc21. The van der Waals surface area contributed by atoms with E-state index < -0.39 is 0 Å². The van der Waals surface area contributed by atoms with Crippen LogP contribution in [0, 0.1) is 0 Å². The first-order valence-electron chi connectivity index (χ1n) is 6.18. The number of anilines is 1. The molecule has 1 nitrogen and oxygen atoms in total. The summed E-state index contributed by atoms with van der Waals surface area (Å²) < 4.78 is 0. The van der Waals surface area contributed by atoms with Gasteiger partial charge in [0.15, 0.2) is 0 Å². The second kappa shape index (κ2) is 3.66. The fourth-order valence-electron chi connectivity index (χ4n) is 2.68. The maximum atomic E-state index is 3.67. The lowest BCUT2D eigenvalue weighted by atomic mass is 10.1. The Labute approximate surface area is 111 Å². The second-order valence-corrected chi connectivity index (χ2v) is 6.19. The van der Waals surface area contributed by atoms with Crippen LogP contribution in [-0.2, 0) is 6.42 Å². The van der Waals surface area contributed by atoms with E-state index in [1.807, 2.05) is 11.8 Å². The van der Waals surface area contributed by atoms with Crippen LogP contribution in [0.15, 0.2) is 59.5 Å². The number of rotatable bonds is 0. The molecule has 1 N–H and O–H groups in total. The van der Waals surface area contributed by atoms with E-state index in [-0.39, 0.29) is 4.87 Å². The van der Waals surface area contributed by atoms with Crippen molar-refractivity contribution in [1.29, 1.82) is 0 Å². The molecule has 4 rings (SSSR count). The lowest BCUT2D eigenvalue weighted by molar-refractivity contribution is 0.850. The van der Waals surface area contributed by atoms with Gasteiger partial charge in [0.1, 0.15) is 4.87 Å². The maximum Gasteiger partial charge on any atom is 0.111 e. The van der Waals surface area contributed by atoms with Crippen LogP contribution in [0.1, 0.15) is 11.1 Å². The molecule has 1 unspecified atom stereocenters. The molecule has 2 aromatic carbocycles. The van der Waals surface area contributed by atoms with E-state index in [4.69, 9.17) is 0 Å². The molecule has 88 valence electrons. The Morgan fingerprint density at radius 3 is 2.78 bits per heavy atom. The molecule has 1 spiro atoms. The molecule has 0 radical (unpaired) electrons. The van der Waals surface area contributed by atoms with E-state index in [9.17, 15) is 0 Å². The fourth-order valence-corrected chi connectivity index (χ4v) is 4.00. The van der Waals surface area contributed by atoms with Crippen LogP contribution in [-0.4, -0.2) is 4.87 Å². The van der Waals surface area contributed by atoms with Crippen LogP contribution in [0.4, 0.5) is 5.69 Å². The summed E-state index contributed by atoms with van der Waals surface area (Å²) in [7, 11) is 0. The summed E-state index contributed by atoms with van der Waals surface area (Å²) in [5.41, 5.74) is 4.01. The molecule has 0 aliphatic carbocycles. The largest absolute Gasteiger partial charge is 0.367 e. The van der Waals surface area contributed by atoms with Gasteiger partial charge in [0, 0.05) is 17.0 Å². The maximum absolute atomic E-state index is 3.67. The van der Waals surface area contributed by atoms with Gasteiger partial charge in [-0.2, -0.15) is 0 Å². The van der Waals surface area contributed by atoms with Crippen molar-refractivity contribution in [3.05, 3.63) is 65.7 Å². The molecular weight excluding hydrogens is 238 g/mol. The Morgan fingerprint density at radius 2 is 1.83 bits per heavy atom. The molecule has 0 saturated carbocycles. The van der Waals surface area contributed by atoms with Gasteiger partial charge >= 0.3 is 0 Å². The third-order valence-electron chi connectivity index (χ3n) is 3.56. The van der Waals surface area contributed by atoms with Gasteiger partial charge in [0.05, 0.1) is 0 Å². The summed E-state index contributed by atoms with van der Waals surface area (Å²) in [6.45, 7) is 0. The first-order valence-corrected chi connectivity index (χ1v) is 7.00. The Kier molecular flexibility index (Phi) is 2.09. The highest BCUT2D eigenvalue weighted by Crippen LogP contribution is 2.47. The first-order chi connectivity index (χ1) is 8.85. The predicted molar refractivity (Wildman–Crippen MR) is 77.8 cm³/mol. The van der Waals surface area contributed by atoms with E-state index in [2.05, 4.69) is 66.0 Å². The zero-order chi connectivity index (χ0) is 12.0. The number of thioether (sulfide) groups is 1. The van der Waals surface area contributed by atoms with Crippen molar-refractivity contribution in [2.45, 2.75) is 16.2 Å². The van der Waals surface area contributed by atoms with Gasteiger partial charge in [0.25, 0.3) is 0 Å². The van der Waals surface area contributed by atoms with Gasteiger partial charge in [-0.3, -0.25) is 0 Å². The molecule has 2 aromatic rings. The highest BCUT2D eigenvalue weighted by Gasteiger charge is 2.37. The van der Waals surface area contributed by atoms with E-state index in [1.165, 1.54) is 21.7 Å². The van der Waals surface area contributed by atoms with Crippen molar-refractivity contribution in [1.82, 2.24) is 0 Å². The number of hydrogen-bond donors (Lipinski definition) is 1. The highest BCUT2D eigenvalue weighted by atomic mass is 32.2. The number of benzene rings is 2. The first kappa shape index (κ1) is 10.3. The van der Waals surface area contributed by atoms with E-state index in [1.54, 1.807) is 0 Å². The molecule has 2 aliphatic rings. The zero-order valence-corrected chi connectivity index (χ0v) is 10.7. The van der Waals surface area contributed by atoms with Crippen molar-refractivity contribution in [2.24, 2.45) is 0 Å². The predicted octanol–water partition coefficient (Wildman–Crippen LogP) is 4.17. The Bertz CT molecular complexity index is 620. The second-order valence-electron chi connectivity index (χ2n) is 4.82. The summed E-state index contributed by atoms with van der Waals surface area (Å²) in [5.74, 6) is 0. The average Bonchev–Trinajstić information content (AvgIpc) is 2.76. The third kappa shape index (κ3) is 1.49. The molecule has 2 aliphatic heterocycles. The molecular formula is C16H13NS. The number of hydrogen-bond acceptors (Lipinski definition) is 2. The molecule has 0 amide bonds. The summed E-state index contributed by atoms with van der Waals surface area (Å²) in [4.78, 5) is 1.37. The van der Waals surface area contributed by atoms with Crippen LogP contribution in [0.3, 0.4) is 0 Å². The van der Waals surface area contributed by atoms with Gasteiger partial charge in [0.2, 0.25) is 0 Å². The topological polar surface area (TPSA) is 12.0 Å². The van der Waals surface area contributed by atoms with E-state index in [0.29, 0.717) is 0 Å². The fraction of sp³-hybridized carbons (Fsp3) is 0.125. The zero-order valence-electron chi connectivity index (χ0n) is 9.89. The summed E-state index contributed by atoms with van der Waals surface area (Å²) in [6.07, 6.45) is 5.60. The number of para-hydroxylation sites is 1. The molecule has 0 saturated heterocycles. The van der Waals surface area contributed by atoms with Crippen molar-refractivity contribution >= 4 is 23.5 Å². The van der Waals surface area contributed by atoms with E-state index >= 15 is 0 Å². The summed E-state index contributed by atoms with van der Waals surface area (Å²) in [6, 6.07) is 17.2. The Balaban J connectivity index is 1.74. The number of nitrogens with one attached hydrogen (secondary N) is 1. The molecule has 1 atom stereocenters. The lowest BCUT2D eigenvalue weighted by Crippen LogP contribution is -2.30.